The van der Waals surface area contributed by atoms with Crippen LogP contribution in [0.15, 0.2) is 30.3 Å². The predicted molar refractivity (Wildman–Crippen MR) is 65.5 cm³/mol. The van der Waals surface area contributed by atoms with Gasteiger partial charge in [0.2, 0.25) is 0 Å². The van der Waals surface area contributed by atoms with E-state index in [2.05, 4.69) is 5.32 Å². The fraction of sp³-hybridized carbons (Fsp3) is 0.385. The van der Waals surface area contributed by atoms with E-state index in [1.165, 1.54) is 0 Å². The average Bonchev–Trinajstić information content (AvgIpc) is 2.34. The maximum absolute atomic E-state index is 11.5. The second-order valence-corrected chi connectivity index (χ2v) is 4.32. The zero-order valence-corrected chi connectivity index (χ0v) is 10.2. The lowest BCUT2D eigenvalue weighted by molar-refractivity contribution is -0.147. The van der Waals surface area contributed by atoms with Crippen LogP contribution < -0.4 is 5.32 Å². The number of rotatable bonds is 5. The molecule has 0 bridgehead atoms. The summed E-state index contributed by atoms with van der Waals surface area (Å²) in [7, 11) is 0. The van der Waals surface area contributed by atoms with Crippen molar-refractivity contribution in [2.45, 2.75) is 12.6 Å². The molecule has 1 aliphatic rings. The van der Waals surface area contributed by atoms with E-state index in [1.807, 2.05) is 30.3 Å². The van der Waals surface area contributed by atoms with Gasteiger partial charge in [0.1, 0.15) is 12.6 Å². The summed E-state index contributed by atoms with van der Waals surface area (Å²) in [6, 6.07) is 8.21. The standard InChI is InChI=1S/C13H15NO5/c15-12(16)11(10-7-18-8-10)14-13(17)19-6-9-4-2-1-3-5-9/h1-5,10-11H,6-8H2,(H,14,17)(H,15,16)/t11-/m0/s1. The lowest BCUT2D eigenvalue weighted by Gasteiger charge is -2.31. The number of amides is 1. The lowest BCUT2D eigenvalue weighted by atomic mass is 9.98. The third-order valence-corrected chi connectivity index (χ3v) is 2.89. The van der Waals surface area contributed by atoms with Crippen LogP contribution in [0.5, 0.6) is 0 Å². The van der Waals surface area contributed by atoms with Crippen LogP contribution in [0.4, 0.5) is 4.79 Å². The molecule has 0 aromatic heterocycles. The van der Waals surface area contributed by atoms with Crippen molar-refractivity contribution in [2.75, 3.05) is 13.2 Å². The quantitative estimate of drug-likeness (QED) is 0.830. The first-order valence-corrected chi connectivity index (χ1v) is 5.94. The number of carboxylic acids is 1. The van der Waals surface area contributed by atoms with Crippen LogP contribution in [-0.2, 0) is 20.9 Å². The van der Waals surface area contributed by atoms with Gasteiger partial charge in [-0.2, -0.15) is 0 Å². The molecule has 19 heavy (non-hydrogen) atoms. The maximum Gasteiger partial charge on any atom is 0.408 e. The number of carbonyl (C=O) groups excluding carboxylic acids is 1. The van der Waals surface area contributed by atoms with Gasteiger partial charge in [-0.25, -0.2) is 9.59 Å². The summed E-state index contributed by atoms with van der Waals surface area (Å²) in [6.45, 7) is 0.798. The van der Waals surface area contributed by atoms with Crippen molar-refractivity contribution in [1.82, 2.24) is 5.32 Å². The highest BCUT2D eigenvalue weighted by Crippen LogP contribution is 2.15. The Balaban J connectivity index is 1.81. The highest BCUT2D eigenvalue weighted by molar-refractivity contribution is 5.80. The van der Waals surface area contributed by atoms with E-state index in [0.29, 0.717) is 13.2 Å². The molecule has 1 saturated heterocycles. The van der Waals surface area contributed by atoms with E-state index in [9.17, 15) is 9.59 Å². The van der Waals surface area contributed by atoms with E-state index in [1.54, 1.807) is 0 Å². The summed E-state index contributed by atoms with van der Waals surface area (Å²) in [5.41, 5.74) is 0.844. The van der Waals surface area contributed by atoms with Gasteiger partial charge in [0.25, 0.3) is 0 Å². The second kappa shape index (κ2) is 6.19. The van der Waals surface area contributed by atoms with Crippen molar-refractivity contribution in [3.63, 3.8) is 0 Å². The van der Waals surface area contributed by atoms with Gasteiger partial charge >= 0.3 is 12.1 Å². The molecule has 1 aromatic rings. The number of nitrogens with one attached hydrogen (secondary N) is 1. The number of carboxylic acid groups (broad SMARTS) is 1. The first-order chi connectivity index (χ1) is 9.16. The van der Waals surface area contributed by atoms with Crippen LogP contribution in [0.3, 0.4) is 0 Å². The highest BCUT2D eigenvalue weighted by atomic mass is 16.5. The SMILES string of the molecule is O=C(N[C@H](C(=O)O)C1COC1)OCc1ccccc1. The zero-order valence-electron chi connectivity index (χ0n) is 10.2. The van der Waals surface area contributed by atoms with Crippen LogP contribution in [0.25, 0.3) is 0 Å². The molecule has 1 amide bonds. The third-order valence-electron chi connectivity index (χ3n) is 2.89. The molecule has 102 valence electrons. The Kier molecular flexibility index (Phi) is 4.35. The van der Waals surface area contributed by atoms with Crippen LogP contribution >= 0.6 is 0 Å². The van der Waals surface area contributed by atoms with E-state index in [-0.39, 0.29) is 12.5 Å². The van der Waals surface area contributed by atoms with Gasteiger partial charge in [-0.15, -0.1) is 0 Å². The molecular weight excluding hydrogens is 250 g/mol. The average molecular weight is 265 g/mol. The number of hydrogen-bond acceptors (Lipinski definition) is 4. The lowest BCUT2D eigenvalue weighted by Crippen LogP contribution is -2.52. The first kappa shape index (κ1) is 13.4. The summed E-state index contributed by atoms with van der Waals surface area (Å²) in [5.74, 6) is -1.27. The van der Waals surface area contributed by atoms with Gasteiger partial charge in [-0.3, -0.25) is 0 Å². The van der Waals surface area contributed by atoms with Crippen molar-refractivity contribution >= 4 is 12.1 Å². The summed E-state index contributed by atoms with van der Waals surface area (Å²) in [5, 5.41) is 11.4. The Hall–Kier alpha value is -2.08. The van der Waals surface area contributed by atoms with Crippen molar-refractivity contribution in [3.05, 3.63) is 35.9 Å². The molecule has 6 heteroatoms. The Morgan fingerprint density at radius 1 is 1.37 bits per heavy atom. The molecule has 1 aromatic carbocycles. The van der Waals surface area contributed by atoms with Gasteiger partial charge < -0.3 is 19.9 Å². The number of benzene rings is 1. The molecule has 0 saturated carbocycles. The smallest absolute Gasteiger partial charge is 0.408 e. The number of aliphatic carboxylic acids is 1. The van der Waals surface area contributed by atoms with Crippen molar-refractivity contribution < 1.29 is 24.2 Å². The number of alkyl carbamates (subject to hydrolysis) is 1. The molecule has 1 fully saturated rings. The molecule has 1 atom stereocenters. The second-order valence-electron chi connectivity index (χ2n) is 4.32. The molecule has 6 nitrogen and oxygen atoms in total. The van der Waals surface area contributed by atoms with Gasteiger partial charge in [0, 0.05) is 5.92 Å². The molecule has 2 N–H and O–H groups in total. The zero-order chi connectivity index (χ0) is 13.7. The summed E-state index contributed by atoms with van der Waals surface area (Å²) < 4.78 is 9.89. The van der Waals surface area contributed by atoms with Gasteiger partial charge in [-0.1, -0.05) is 30.3 Å². The van der Waals surface area contributed by atoms with Crippen molar-refractivity contribution in [1.29, 1.82) is 0 Å². The van der Waals surface area contributed by atoms with Gasteiger partial charge in [0.05, 0.1) is 13.2 Å². The fourth-order valence-corrected chi connectivity index (χ4v) is 1.72. The van der Waals surface area contributed by atoms with E-state index in [0.717, 1.165) is 5.56 Å². The van der Waals surface area contributed by atoms with Crippen LogP contribution in [0.1, 0.15) is 5.56 Å². The van der Waals surface area contributed by atoms with E-state index < -0.39 is 18.1 Å². The largest absolute Gasteiger partial charge is 0.480 e. The Morgan fingerprint density at radius 2 is 2.05 bits per heavy atom. The molecule has 0 unspecified atom stereocenters. The molecule has 0 radical (unpaired) electrons. The number of hydrogen-bond donors (Lipinski definition) is 2. The minimum absolute atomic E-state index is 0.111. The molecule has 0 spiro atoms. The monoisotopic (exact) mass is 265 g/mol. The molecule has 1 heterocycles. The molecule has 2 rings (SSSR count). The Morgan fingerprint density at radius 3 is 2.58 bits per heavy atom. The third kappa shape index (κ3) is 3.69. The molecular formula is C13H15NO5. The van der Waals surface area contributed by atoms with Crippen LogP contribution in [-0.4, -0.2) is 36.4 Å². The Labute approximate surface area is 110 Å². The van der Waals surface area contributed by atoms with Gasteiger partial charge in [0.15, 0.2) is 0 Å². The fourth-order valence-electron chi connectivity index (χ4n) is 1.72. The minimum Gasteiger partial charge on any atom is -0.480 e. The Bertz CT molecular complexity index is 444. The summed E-state index contributed by atoms with van der Waals surface area (Å²) in [4.78, 5) is 22.6. The number of ether oxygens (including phenoxy) is 2. The van der Waals surface area contributed by atoms with Gasteiger partial charge in [-0.05, 0) is 5.56 Å². The number of carbonyl (C=O) groups is 2. The minimum atomic E-state index is -1.08. The summed E-state index contributed by atoms with van der Waals surface area (Å²) in [6.07, 6.45) is -0.733. The topological polar surface area (TPSA) is 84.9 Å². The maximum atomic E-state index is 11.5. The first-order valence-electron chi connectivity index (χ1n) is 5.94. The van der Waals surface area contributed by atoms with Crippen LogP contribution in [0.2, 0.25) is 0 Å². The highest BCUT2D eigenvalue weighted by Gasteiger charge is 2.35. The molecule has 0 aliphatic carbocycles. The van der Waals surface area contributed by atoms with Crippen LogP contribution in [0, 0.1) is 5.92 Å². The summed E-state index contributed by atoms with van der Waals surface area (Å²) >= 11 is 0. The normalized spacial score (nSPS) is 16.2. The van der Waals surface area contributed by atoms with E-state index in [4.69, 9.17) is 14.6 Å². The van der Waals surface area contributed by atoms with E-state index >= 15 is 0 Å². The molecule has 1 aliphatic heterocycles. The van der Waals surface area contributed by atoms with Crippen molar-refractivity contribution in [3.8, 4) is 0 Å². The predicted octanol–water partition coefficient (Wildman–Crippen LogP) is 1.01. The van der Waals surface area contributed by atoms with Crippen molar-refractivity contribution in [2.24, 2.45) is 5.92 Å².